The van der Waals surface area contributed by atoms with Crippen molar-refractivity contribution in [2.24, 2.45) is 0 Å². The van der Waals surface area contributed by atoms with Crippen LogP contribution in [0.5, 0.6) is 0 Å². The van der Waals surface area contributed by atoms with Gasteiger partial charge in [0.15, 0.2) is 0 Å². The first-order valence-electron chi connectivity index (χ1n) is 8.46. The lowest BCUT2D eigenvalue weighted by Gasteiger charge is -2.25. The molecule has 0 aliphatic carbocycles. The van der Waals surface area contributed by atoms with Crippen molar-refractivity contribution in [2.45, 2.75) is 38.0 Å². The lowest BCUT2D eigenvalue weighted by atomic mass is 10.1. The number of carbonyl (C=O) groups excluding carboxylic acids is 2. The third-order valence-corrected chi connectivity index (χ3v) is 5.90. The first-order chi connectivity index (χ1) is 11.2. The summed E-state index contributed by atoms with van der Waals surface area (Å²) in [7, 11) is 0. The summed E-state index contributed by atoms with van der Waals surface area (Å²) in [5.41, 5.74) is 2.53. The Labute approximate surface area is 142 Å². The molecule has 2 aliphatic rings. The van der Waals surface area contributed by atoms with Gasteiger partial charge in [0.25, 0.3) is 0 Å². The molecule has 3 rings (SSSR count). The van der Waals surface area contributed by atoms with Gasteiger partial charge in [0, 0.05) is 26.1 Å². The van der Waals surface area contributed by atoms with Crippen molar-refractivity contribution in [1.82, 2.24) is 9.80 Å². The molecule has 2 heterocycles. The molecular formula is C18H24N2O2S. The van der Waals surface area contributed by atoms with Crippen LogP contribution in [0.25, 0.3) is 0 Å². The molecule has 0 N–H and O–H groups in total. The zero-order valence-electron chi connectivity index (χ0n) is 13.7. The Hall–Kier alpha value is -1.49. The molecule has 124 valence electrons. The van der Waals surface area contributed by atoms with Crippen LogP contribution >= 0.6 is 11.8 Å². The van der Waals surface area contributed by atoms with Gasteiger partial charge in [-0.1, -0.05) is 31.2 Å². The molecule has 1 atom stereocenters. The molecule has 2 fully saturated rings. The highest BCUT2D eigenvalue weighted by molar-refractivity contribution is 8.00. The Morgan fingerprint density at radius 2 is 1.91 bits per heavy atom. The van der Waals surface area contributed by atoms with Gasteiger partial charge in [0.05, 0.1) is 5.75 Å². The Morgan fingerprint density at radius 3 is 2.57 bits per heavy atom. The van der Waals surface area contributed by atoms with Crippen molar-refractivity contribution in [3.05, 3.63) is 35.4 Å². The number of rotatable bonds is 6. The second-order valence-electron chi connectivity index (χ2n) is 6.18. The van der Waals surface area contributed by atoms with Gasteiger partial charge in [-0.15, -0.1) is 11.8 Å². The van der Waals surface area contributed by atoms with Gasteiger partial charge >= 0.3 is 0 Å². The molecule has 2 aliphatic heterocycles. The molecule has 0 bridgehead atoms. The van der Waals surface area contributed by atoms with E-state index >= 15 is 0 Å². The van der Waals surface area contributed by atoms with E-state index in [2.05, 4.69) is 31.2 Å². The largest absolute Gasteiger partial charge is 0.343 e. The van der Waals surface area contributed by atoms with Crippen LogP contribution < -0.4 is 0 Å². The fraction of sp³-hybridized carbons (Fsp3) is 0.556. The molecule has 2 amide bonds. The number of hydrogen-bond donors (Lipinski definition) is 0. The van der Waals surface area contributed by atoms with E-state index in [1.165, 1.54) is 11.1 Å². The van der Waals surface area contributed by atoms with Gasteiger partial charge in [0.2, 0.25) is 11.8 Å². The predicted molar refractivity (Wildman–Crippen MR) is 93.2 cm³/mol. The van der Waals surface area contributed by atoms with Crippen LogP contribution in [0, 0.1) is 0 Å². The Kier molecular flexibility index (Phi) is 5.26. The summed E-state index contributed by atoms with van der Waals surface area (Å²) in [6.45, 7) is 4.53. The molecule has 1 aromatic rings. The molecule has 1 unspecified atom stereocenters. The zero-order valence-corrected chi connectivity index (χ0v) is 14.5. The van der Waals surface area contributed by atoms with E-state index in [1.54, 1.807) is 11.8 Å². The third kappa shape index (κ3) is 3.71. The fourth-order valence-corrected chi connectivity index (χ4v) is 4.48. The average molecular weight is 332 g/mol. The number of carbonyl (C=O) groups is 2. The smallest absolute Gasteiger partial charge is 0.233 e. The van der Waals surface area contributed by atoms with E-state index in [-0.39, 0.29) is 17.2 Å². The number of nitrogens with zero attached hydrogens (tertiary/aromatic N) is 2. The fourth-order valence-electron chi connectivity index (χ4n) is 3.26. The van der Waals surface area contributed by atoms with Crippen LogP contribution in [0.4, 0.5) is 0 Å². The van der Waals surface area contributed by atoms with Crippen LogP contribution in [-0.2, 0) is 16.0 Å². The zero-order chi connectivity index (χ0) is 16.2. The Balaban J connectivity index is 1.59. The number of benzene rings is 1. The second kappa shape index (κ2) is 7.39. The highest BCUT2D eigenvalue weighted by Crippen LogP contribution is 2.38. The normalized spacial score (nSPS) is 21.5. The van der Waals surface area contributed by atoms with Crippen molar-refractivity contribution < 1.29 is 9.59 Å². The Bertz CT molecular complexity index is 573. The summed E-state index contributed by atoms with van der Waals surface area (Å²) in [6.07, 6.45) is 3.56. The first kappa shape index (κ1) is 16.4. The molecular weight excluding hydrogens is 308 g/mol. The Morgan fingerprint density at radius 1 is 1.13 bits per heavy atom. The van der Waals surface area contributed by atoms with Crippen LogP contribution in [0.1, 0.15) is 42.7 Å². The molecule has 1 aromatic carbocycles. The van der Waals surface area contributed by atoms with Crippen molar-refractivity contribution in [3.8, 4) is 0 Å². The SMILES string of the molecule is CCc1ccc(C2SCC(=O)N2CCCN2CCCC2=O)cc1. The van der Waals surface area contributed by atoms with Gasteiger partial charge in [-0.2, -0.15) is 0 Å². The lowest BCUT2D eigenvalue weighted by Crippen LogP contribution is -2.33. The van der Waals surface area contributed by atoms with Gasteiger partial charge < -0.3 is 9.80 Å². The van der Waals surface area contributed by atoms with E-state index in [4.69, 9.17) is 0 Å². The molecule has 5 heteroatoms. The molecule has 0 radical (unpaired) electrons. The second-order valence-corrected chi connectivity index (χ2v) is 7.25. The number of amides is 2. The number of likely N-dealkylation sites (tertiary alicyclic amines) is 1. The minimum absolute atomic E-state index is 0.127. The maximum absolute atomic E-state index is 12.2. The van der Waals surface area contributed by atoms with Gasteiger partial charge in [0.1, 0.15) is 5.37 Å². The molecule has 0 saturated carbocycles. The highest BCUT2D eigenvalue weighted by Gasteiger charge is 2.32. The van der Waals surface area contributed by atoms with E-state index in [0.717, 1.165) is 38.9 Å². The van der Waals surface area contributed by atoms with Crippen molar-refractivity contribution in [2.75, 3.05) is 25.4 Å². The average Bonchev–Trinajstić information content (AvgIpc) is 3.14. The van der Waals surface area contributed by atoms with Crippen LogP contribution in [0.2, 0.25) is 0 Å². The third-order valence-electron chi connectivity index (χ3n) is 4.64. The molecule has 4 nitrogen and oxygen atoms in total. The molecule has 23 heavy (non-hydrogen) atoms. The maximum Gasteiger partial charge on any atom is 0.233 e. The maximum atomic E-state index is 12.2. The van der Waals surface area contributed by atoms with E-state index < -0.39 is 0 Å². The van der Waals surface area contributed by atoms with Crippen LogP contribution in [-0.4, -0.2) is 47.0 Å². The minimum atomic E-state index is 0.127. The standard InChI is InChI=1S/C18H24N2O2S/c1-2-14-6-8-15(9-7-14)18-20(17(22)13-23-18)12-4-11-19-10-3-5-16(19)21/h6-9,18H,2-5,10-13H2,1H3. The lowest BCUT2D eigenvalue weighted by molar-refractivity contribution is -0.128. The molecule has 2 saturated heterocycles. The summed E-state index contributed by atoms with van der Waals surface area (Å²) in [4.78, 5) is 27.8. The minimum Gasteiger partial charge on any atom is -0.343 e. The molecule has 0 spiro atoms. The summed E-state index contributed by atoms with van der Waals surface area (Å²) < 4.78 is 0. The first-order valence-corrected chi connectivity index (χ1v) is 9.51. The van der Waals surface area contributed by atoms with Crippen molar-refractivity contribution in [1.29, 1.82) is 0 Å². The van der Waals surface area contributed by atoms with E-state index in [0.29, 0.717) is 12.2 Å². The highest BCUT2D eigenvalue weighted by atomic mass is 32.2. The predicted octanol–water partition coefficient (Wildman–Crippen LogP) is 2.84. The summed E-state index contributed by atoms with van der Waals surface area (Å²) in [5, 5.41) is 0.127. The van der Waals surface area contributed by atoms with Gasteiger partial charge in [-0.3, -0.25) is 9.59 Å². The quantitative estimate of drug-likeness (QED) is 0.804. The van der Waals surface area contributed by atoms with Gasteiger partial charge in [-0.25, -0.2) is 0 Å². The number of thioether (sulfide) groups is 1. The molecule has 0 aromatic heterocycles. The van der Waals surface area contributed by atoms with E-state index in [1.807, 2.05) is 9.80 Å². The summed E-state index contributed by atoms with van der Waals surface area (Å²) >= 11 is 1.70. The summed E-state index contributed by atoms with van der Waals surface area (Å²) in [5.74, 6) is 1.04. The number of hydrogen-bond acceptors (Lipinski definition) is 3. The topological polar surface area (TPSA) is 40.6 Å². The van der Waals surface area contributed by atoms with Crippen molar-refractivity contribution in [3.63, 3.8) is 0 Å². The van der Waals surface area contributed by atoms with Gasteiger partial charge in [-0.05, 0) is 30.4 Å². The van der Waals surface area contributed by atoms with Crippen molar-refractivity contribution >= 4 is 23.6 Å². The summed E-state index contributed by atoms with van der Waals surface area (Å²) in [6, 6.07) is 8.59. The number of aryl methyl sites for hydroxylation is 1. The van der Waals surface area contributed by atoms with E-state index in [9.17, 15) is 9.59 Å². The van der Waals surface area contributed by atoms with Crippen LogP contribution in [0.3, 0.4) is 0 Å². The monoisotopic (exact) mass is 332 g/mol. The van der Waals surface area contributed by atoms with Crippen LogP contribution in [0.15, 0.2) is 24.3 Å².